The van der Waals surface area contributed by atoms with Crippen molar-refractivity contribution in [1.29, 1.82) is 5.26 Å². The Kier molecular flexibility index (Phi) is 5.20. The summed E-state index contributed by atoms with van der Waals surface area (Å²) in [4.78, 5) is 22.8. The summed E-state index contributed by atoms with van der Waals surface area (Å²) in [6.07, 6.45) is 3.01. The van der Waals surface area contributed by atoms with Crippen LogP contribution in [0.5, 0.6) is 0 Å². The number of nitrogens with one attached hydrogen (secondary N) is 1. The van der Waals surface area contributed by atoms with E-state index < -0.39 is 0 Å². The number of carbonyl (C=O) groups is 1. The predicted octanol–water partition coefficient (Wildman–Crippen LogP) is 3.76. The number of rotatable bonds is 5. The first-order valence-electron chi connectivity index (χ1n) is 8.17. The third-order valence-corrected chi connectivity index (χ3v) is 3.80. The van der Waals surface area contributed by atoms with E-state index in [0.717, 1.165) is 11.4 Å². The van der Waals surface area contributed by atoms with E-state index in [0.29, 0.717) is 23.6 Å². The molecular weight excluding hydrogens is 326 g/mol. The molecule has 0 bridgehead atoms. The van der Waals surface area contributed by atoms with Gasteiger partial charge in [-0.1, -0.05) is 18.2 Å². The number of para-hydroxylation sites is 1. The van der Waals surface area contributed by atoms with E-state index in [1.807, 2.05) is 37.3 Å². The van der Waals surface area contributed by atoms with Gasteiger partial charge in [0.2, 0.25) is 5.95 Å². The number of nitriles is 1. The normalized spacial score (nSPS) is 10.0. The van der Waals surface area contributed by atoms with Gasteiger partial charge >= 0.3 is 0 Å². The fraction of sp³-hybridized carbons (Fsp3) is 0.100. The standard InChI is InChI=1S/C20H17N5O/c1-2-25(18-6-4-3-5-7-18)19(26)16-13-22-20(23-14-16)24-17-10-8-15(12-21)9-11-17/h3-11,13-14H,2H2,1H3,(H,22,23,24). The van der Waals surface area contributed by atoms with E-state index in [-0.39, 0.29) is 5.91 Å². The van der Waals surface area contributed by atoms with E-state index in [1.54, 1.807) is 29.2 Å². The molecule has 1 N–H and O–H groups in total. The average molecular weight is 343 g/mol. The summed E-state index contributed by atoms with van der Waals surface area (Å²) in [5, 5.41) is 11.9. The lowest BCUT2D eigenvalue weighted by atomic mass is 10.2. The molecule has 6 heteroatoms. The highest BCUT2D eigenvalue weighted by atomic mass is 16.2. The second-order valence-electron chi connectivity index (χ2n) is 5.49. The molecule has 6 nitrogen and oxygen atoms in total. The van der Waals surface area contributed by atoms with Gasteiger partial charge in [-0.25, -0.2) is 9.97 Å². The van der Waals surface area contributed by atoms with Crippen molar-refractivity contribution in [1.82, 2.24) is 9.97 Å². The minimum atomic E-state index is -0.149. The molecule has 3 rings (SSSR count). The first kappa shape index (κ1) is 17.1. The summed E-state index contributed by atoms with van der Waals surface area (Å²) in [6.45, 7) is 2.47. The molecule has 3 aromatic rings. The second-order valence-corrected chi connectivity index (χ2v) is 5.49. The van der Waals surface area contributed by atoms with Crippen LogP contribution in [0.4, 0.5) is 17.3 Å². The van der Waals surface area contributed by atoms with Crippen molar-refractivity contribution in [3.05, 3.63) is 78.1 Å². The zero-order chi connectivity index (χ0) is 18.4. The molecule has 0 radical (unpaired) electrons. The molecule has 2 aromatic carbocycles. The van der Waals surface area contributed by atoms with E-state index in [2.05, 4.69) is 21.4 Å². The van der Waals surface area contributed by atoms with Crippen LogP contribution in [0.1, 0.15) is 22.8 Å². The van der Waals surface area contributed by atoms with Crippen molar-refractivity contribution in [2.45, 2.75) is 6.92 Å². The number of carbonyl (C=O) groups excluding carboxylic acids is 1. The van der Waals surface area contributed by atoms with Gasteiger partial charge in [0.05, 0.1) is 17.2 Å². The molecule has 0 spiro atoms. The Morgan fingerprint density at radius 3 is 2.31 bits per heavy atom. The van der Waals surface area contributed by atoms with Gasteiger partial charge in [-0.15, -0.1) is 0 Å². The third kappa shape index (κ3) is 3.84. The number of hydrogen-bond acceptors (Lipinski definition) is 5. The zero-order valence-electron chi connectivity index (χ0n) is 14.3. The van der Waals surface area contributed by atoms with Gasteiger partial charge in [-0.05, 0) is 43.3 Å². The maximum absolute atomic E-state index is 12.7. The monoisotopic (exact) mass is 343 g/mol. The summed E-state index contributed by atoms with van der Waals surface area (Å²) in [5.41, 5.74) is 2.60. The SMILES string of the molecule is CCN(C(=O)c1cnc(Nc2ccc(C#N)cc2)nc1)c1ccccc1. The Balaban J connectivity index is 1.74. The summed E-state index contributed by atoms with van der Waals surface area (Å²) in [7, 11) is 0. The van der Waals surface area contributed by atoms with Crippen molar-refractivity contribution in [3.63, 3.8) is 0 Å². The van der Waals surface area contributed by atoms with Gasteiger partial charge in [-0.3, -0.25) is 4.79 Å². The van der Waals surface area contributed by atoms with Crippen LogP contribution in [-0.4, -0.2) is 22.4 Å². The molecule has 0 fully saturated rings. The summed E-state index contributed by atoms with van der Waals surface area (Å²) in [5.74, 6) is 0.234. The van der Waals surface area contributed by atoms with Crippen LogP contribution in [-0.2, 0) is 0 Å². The highest BCUT2D eigenvalue weighted by Crippen LogP contribution is 2.17. The van der Waals surface area contributed by atoms with E-state index in [9.17, 15) is 4.79 Å². The molecule has 1 amide bonds. The molecular formula is C20H17N5O. The van der Waals surface area contributed by atoms with Crippen LogP contribution in [0.15, 0.2) is 67.0 Å². The van der Waals surface area contributed by atoms with Gasteiger partial charge in [0.15, 0.2) is 0 Å². The minimum Gasteiger partial charge on any atom is -0.324 e. The zero-order valence-corrected chi connectivity index (χ0v) is 14.3. The summed E-state index contributed by atoms with van der Waals surface area (Å²) < 4.78 is 0. The topological polar surface area (TPSA) is 81.9 Å². The number of aromatic nitrogens is 2. The second kappa shape index (κ2) is 7.90. The number of nitrogens with zero attached hydrogens (tertiary/aromatic N) is 4. The van der Waals surface area contributed by atoms with E-state index >= 15 is 0 Å². The smallest absolute Gasteiger partial charge is 0.261 e. The van der Waals surface area contributed by atoms with E-state index in [1.165, 1.54) is 12.4 Å². The first-order chi connectivity index (χ1) is 12.7. The van der Waals surface area contributed by atoms with Crippen molar-refractivity contribution in [2.24, 2.45) is 0 Å². The molecule has 0 aliphatic rings. The lowest BCUT2D eigenvalue weighted by Crippen LogP contribution is -2.30. The quantitative estimate of drug-likeness (QED) is 0.763. The Morgan fingerprint density at radius 1 is 1.08 bits per heavy atom. The summed E-state index contributed by atoms with van der Waals surface area (Å²) in [6, 6.07) is 18.5. The highest BCUT2D eigenvalue weighted by Gasteiger charge is 2.16. The molecule has 0 aliphatic heterocycles. The first-order valence-corrected chi connectivity index (χ1v) is 8.17. The molecule has 0 unspecified atom stereocenters. The fourth-order valence-corrected chi connectivity index (χ4v) is 2.47. The molecule has 0 atom stereocenters. The number of hydrogen-bond donors (Lipinski definition) is 1. The van der Waals surface area contributed by atoms with Crippen molar-refractivity contribution in [2.75, 3.05) is 16.8 Å². The predicted molar refractivity (Wildman–Crippen MR) is 100 cm³/mol. The van der Waals surface area contributed by atoms with Crippen LogP contribution >= 0.6 is 0 Å². The van der Waals surface area contributed by atoms with Crippen LogP contribution in [0.25, 0.3) is 0 Å². The van der Waals surface area contributed by atoms with Gasteiger partial charge in [0.1, 0.15) is 0 Å². The molecule has 1 heterocycles. The number of anilines is 3. The van der Waals surface area contributed by atoms with Crippen molar-refractivity contribution in [3.8, 4) is 6.07 Å². The lowest BCUT2D eigenvalue weighted by molar-refractivity contribution is 0.0987. The van der Waals surface area contributed by atoms with Gasteiger partial charge in [-0.2, -0.15) is 5.26 Å². The molecule has 0 saturated heterocycles. The van der Waals surface area contributed by atoms with Gasteiger partial charge in [0, 0.05) is 30.3 Å². The largest absolute Gasteiger partial charge is 0.324 e. The maximum Gasteiger partial charge on any atom is 0.261 e. The Hall–Kier alpha value is -3.72. The maximum atomic E-state index is 12.7. The Labute approximate surface area is 151 Å². The Bertz CT molecular complexity index is 915. The van der Waals surface area contributed by atoms with Crippen LogP contribution < -0.4 is 10.2 Å². The fourth-order valence-electron chi connectivity index (χ4n) is 2.47. The minimum absolute atomic E-state index is 0.149. The van der Waals surface area contributed by atoms with Crippen LogP contribution in [0, 0.1) is 11.3 Å². The van der Waals surface area contributed by atoms with Gasteiger partial charge < -0.3 is 10.2 Å². The van der Waals surface area contributed by atoms with Crippen molar-refractivity contribution >= 4 is 23.2 Å². The highest BCUT2D eigenvalue weighted by molar-refractivity contribution is 6.05. The van der Waals surface area contributed by atoms with E-state index in [4.69, 9.17) is 5.26 Å². The molecule has 26 heavy (non-hydrogen) atoms. The average Bonchev–Trinajstić information content (AvgIpc) is 2.70. The number of benzene rings is 2. The Morgan fingerprint density at radius 2 is 1.73 bits per heavy atom. The third-order valence-electron chi connectivity index (χ3n) is 3.80. The summed E-state index contributed by atoms with van der Waals surface area (Å²) >= 11 is 0. The lowest BCUT2D eigenvalue weighted by Gasteiger charge is -2.20. The molecule has 1 aromatic heterocycles. The van der Waals surface area contributed by atoms with Crippen LogP contribution in [0.3, 0.4) is 0 Å². The molecule has 0 saturated carbocycles. The van der Waals surface area contributed by atoms with Crippen LogP contribution in [0.2, 0.25) is 0 Å². The molecule has 128 valence electrons. The van der Waals surface area contributed by atoms with Gasteiger partial charge in [0.25, 0.3) is 5.91 Å². The van der Waals surface area contributed by atoms with Crippen molar-refractivity contribution < 1.29 is 4.79 Å². The number of amides is 1. The molecule has 0 aliphatic carbocycles.